The Labute approximate surface area is 296 Å². The summed E-state index contributed by atoms with van der Waals surface area (Å²) in [5.41, 5.74) is 9.02. The summed E-state index contributed by atoms with van der Waals surface area (Å²) in [4.78, 5) is 20.1. The molecule has 0 saturated carbocycles. The van der Waals surface area contributed by atoms with Crippen molar-refractivity contribution >= 4 is 65.6 Å². The molecule has 0 spiro atoms. The molecule has 11 rings (SSSR count). The number of benzene rings is 7. The van der Waals surface area contributed by atoms with Gasteiger partial charge in [0.2, 0.25) is 0 Å². The quantitative estimate of drug-likeness (QED) is 0.186. The molecule has 0 atom stereocenters. The number of para-hydroxylation sites is 1. The van der Waals surface area contributed by atoms with Crippen LogP contribution < -0.4 is 0 Å². The van der Waals surface area contributed by atoms with E-state index in [0.29, 0.717) is 17.5 Å². The van der Waals surface area contributed by atoms with Crippen molar-refractivity contribution in [1.82, 2.24) is 19.9 Å². The van der Waals surface area contributed by atoms with Gasteiger partial charge in [-0.25, -0.2) is 15.0 Å². The van der Waals surface area contributed by atoms with Crippen LogP contribution in [0.3, 0.4) is 0 Å². The van der Waals surface area contributed by atoms with E-state index in [-0.39, 0.29) is 0 Å². The Morgan fingerprint density at radius 1 is 0.365 bits per heavy atom. The number of aromatic nitrogens is 4. The lowest BCUT2D eigenvalue weighted by atomic mass is 9.92. The van der Waals surface area contributed by atoms with Crippen molar-refractivity contribution in [3.05, 3.63) is 158 Å². The third-order valence-corrected chi connectivity index (χ3v) is 9.94. The molecule has 0 unspecified atom stereocenters. The van der Waals surface area contributed by atoms with E-state index >= 15 is 0 Å². The van der Waals surface area contributed by atoms with Gasteiger partial charge in [-0.1, -0.05) is 103 Å². The molecule has 4 heterocycles. The number of rotatable bonds is 4. The maximum absolute atomic E-state index is 6.47. The van der Waals surface area contributed by atoms with Gasteiger partial charge in [-0.2, -0.15) is 0 Å². The molecule has 0 N–H and O–H groups in total. The second-order valence-corrected chi connectivity index (χ2v) is 13.0. The summed E-state index contributed by atoms with van der Waals surface area (Å²) < 4.78 is 12.7. The summed E-state index contributed by atoms with van der Waals surface area (Å²) in [6.45, 7) is 0. The lowest BCUT2D eigenvalue weighted by Crippen LogP contribution is -2.00. The van der Waals surface area contributed by atoms with Crippen molar-refractivity contribution < 1.29 is 8.83 Å². The van der Waals surface area contributed by atoms with Crippen molar-refractivity contribution in [1.29, 1.82) is 0 Å². The van der Waals surface area contributed by atoms with Crippen LogP contribution in [0.5, 0.6) is 0 Å². The van der Waals surface area contributed by atoms with Crippen LogP contribution in [0.4, 0.5) is 0 Å². The Balaban J connectivity index is 1.19. The Bertz CT molecular complexity index is 3200. The molecular formula is C46H26N4O2. The van der Waals surface area contributed by atoms with E-state index in [1.807, 2.05) is 79.0 Å². The largest absolute Gasteiger partial charge is 0.456 e. The van der Waals surface area contributed by atoms with Gasteiger partial charge >= 0.3 is 0 Å². The fraction of sp³-hybridized carbons (Fsp3) is 0. The molecule has 0 aliphatic carbocycles. The summed E-state index contributed by atoms with van der Waals surface area (Å²) in [5.74, 6) is 1.76. The normalized spacial score (nSPS) is 11.8. The number of furan rings is 2. The summed E-state index contributed by atoms with van der Waals surface area (Å²) in [5, 5.41) is 7.33. The molecular weight excluding hydrogens is 641 g/mol. The second-order valence-electron chi connectivity index (χ2n) is 13.0. The molecule has 0 amide bonds. The van der Waals surface area contributed by atoms with E-state index in [1.54, 1.807) is 0 Å². The summed E-state index contributed by atoms with van der Waals surface area (Å²) in [7, 11) is 0. The van der Waals surface area contributed by atoms with Crippen LogP contribution in [0.1, 0.15) is 0 Å². The summed E-state index contributed by atoms with van der Waals surface area (Å²) in [6.07, 6.45) is 1.83. The first-order chi connectivity index (χ1) is 25.7. The Hall–Kier alpha value is -7.18. The second kappa shape index (κ2) is 11.2. The highest BCUT2D eigenvalue weighted by Gasteiger charge is 2.20. The van der Waals surface area contributed by atoms with Crippen molar-refractivity contribution in [2.45, 2.75) is 0 Å². The lowest BCUT2D eigenvalue weighted by molar-refractivity contribution is 0.669. The number of nitrogens with zero attached hydrogens (tertiary/aromatic N) is 4. The average molecular weight is 667 g/mol. The van der Waals surface area contributed by atoms with Crippen LogP contribution in [-0.4, -0.2) is 19.9 Å². The zero-order chi connectivity index (χ0) is 34.2. The highest BCUT2D eigenvalue weighted by atomic mass is 16.3. The van der Waals surface area contributed by atoms with Crippen LogP contribution in [-0.2, 0) is 0 Å². The van der Waals surface area contributed by atoms with E-state index in [0.717, 1.165) is 93.4 Å². The lowest BCUT2D eigenvalue weighted by Gasteiger charge is -2.13. The minimum absolute atomic E-state index is 0.582. The number of fused-ring (bicyclic) bond motifs is 8. The molecule has 0 bridgehead atoms. The van der Waals surface area contributed by atoms with Crippen molar-refractivity contribution in [2.24, 2.45) is 0 Å². The molecule has 0 radical (unpaired) electrons. The third kappa shape index (κ3) is 4.44. The highest BCUT2D eigenvalue weighted by Crippen LogP contribution is 2.42. The standard InChI is InChI=1S/C46H26N4O2/c1-2-11-27(12-3-1)44-48-45(50-46(49-44)34-18-9-21-40-43(34)33-16-6-7-19-38(33)51-40)30-23-28-13-4-5-15-31(28)35(24-30)32-17-8-20-39-42(32)36-26-37-29(14-10-22-47-37)25-41(36)52-39/h1-26H. The van der Waals surface area contributed by atoms with E-state index in [2.05, 4.69) is 83.8 Å². The maximum Gasteiger partial charge on any atom is 0.164 e. The molecule has 0 aliphatic heterocycles. The number of pyridine rings is 1. The van der Waals surface area contributed by atoms with Gasteiger partial charge < -0.3 is 8.83 Å². The minimum atomic E-state index is 0.582. The topological polar surface area (TPSA) is 77.8 Å². The predicted octanol–water partition coefficient (Wildman–Crippen LogP) is 12.0. The SMILES string of the molecule is c1ccc(-c2nc(-c3cc(-c4cccc5oc6cc7cccnc7cc6c45)c4ccccc4c3)nc(-c3cccc4oc5ccccc5c34)n2)cc1. The zero-order valence-electron chi connectivity index (χ0n) is 27.6. The molecule has 6 heteroatoms. The first-order valence-corrected chi connectivity index (χ1v) is 17.2. The Kier molecular flexibility index (Phi) is 6.15. The number of hydrogen-bond acceptors (Lipinski definition) is 6. The van der Waals surface area contributed by atoms with Gasteiger partial charge in [0.05, 0.1) is 5.52 Å². The van der Waals surface area contributed by atoms with E-state index in [4.69, 9.17) is 23.8 Å². The van der Waals surface area contributed by atoms with Gasteiger partial charge in [0, 0.05) is 49.8 Å². The molecule has 0 saturated heterocycles. The number of hydrogen-bond donors (Lipinski definition) is 0. The Morgan fingerprint density at radius 2 is 1.02 bits per heavy atom. The molecule has 11 aromatic rings. The molecule has 0 aliphatic rings. The molecule has 242 valence electrons. The van der Waals surface area contributed by atoms with Crippen molar-refractivity contribution in [3.63, 3.8) is 0 Å². The minimum Gasteiger partial charge on any atom is -0.456 e. The van der Waals surface area contributed by atoms with Gasteiger partial charge in [0.25, 0.3) is 0 Å². The molecule has 4 aromatic heterocycles. The third-order valence-electron chi connectivity index (χ3n) is 9.94. The van der Waals surface area contributed by atoms with Gasteiger partial charge in [-0.3, -0.25) is 4.98 Å². The zero-order valence-corrected chi connectivity index (χ0v) is 27.6. The van der Waals surface area contributed by atoms with Crippen LogP contribution in [0.25, 0.3) is 111 Å². The van der Waals surface area contributed by atoms with Crippen LogP contribution >= 0.6 is 0 Å². The Morgan fingerprint density at radius 3 is 1.88 bits per heavy atom. The molecule has 6 nitrogen and oxygen atoms in total. The van der Waals surface area contributed by atoms with Gasteiger partial charge in [-0.15, -0.1) is 0 Å². The maximum atomic E-state index is 6.47. The van der Waals surface area contributed by atoms with E-state index in [9.17, 15) is 0 Å². The van der Waals surface area contributed by atoms with E-state index < -0.39 is 0 Å². The van der Waals surface area contributed by atoms with Crippen LogP contribution in [0.2, 0.25) is 0 Å². The van der Waals surface area contributed by atoms with Crippen LogP contribution in [0.15, 0.2) is 167 Å². The van der Waals surface area contributed by atoms with Crippen LogP contribution in [0, 0.1) is 0 Å². The predicted molar refractivity (Wildman–Crippen MR) is 209 cm³/mol. The van der Waals surface area contributed by atoms with Crippen molar-refractivity contribution in [3.8, 4) is 45.3 Å². The summed E-state index contributed by atoms with van der Waals surface area (Å²) >= 11 is 0. The fourth-order valence-corrected chi connectivity index (χ4v) is 7.58. The highest BCUT2D eigenvalue weighted by molar-refractivity contribution is 6.18. The van der Waals surface area contributed by atoms with Crippen molar-refractivity contribution in [2.75, 3.05) is 0 Å². The van der Waals surface area contributed by atoms with E-state index in [1.165, 1.54) is 0 Å². The smallest absolute Gasteiger partial charge is 0.164 e. The molecule has 7 aromatic carbocycles. The molecule has 0 fully saturated rings. The molecule has 52 heavy (non-hydrogen) atoms. The van der Waals surface area contributed by atoms with Gasteiger partial charge in [-0.05, 0) is 70.4 Å². The fourth-order valence-electron chi connectivity index (χ4n) is 7.58. The first kappa shape index (κ1) is 28.6. The van der Waals surface area contributed by atoms with Gasteiger partial charge in [0.15, 0.2) is 17.5 Å². The summed E-state index contributed by atoms with van der Waals surface area (Å²) in [6, 6.07) is 51.6. The van der Waals surface area contributed by atoms with Gasteiger partial charge in [0.1, 0.15) is 22.3 Å². The average Bonchev–Trinajstić information content (AvgIpc) is 3.78. The first-order valence-electron chi connectivity index (χ1n) is 17.2. The monoisotopic (exact) mass is 666 g/mol.